The molecule has 1 saturated heterocycles. The van der Waals surface area contributed by atoms with Crippen LogP contribution in [-0.2, 0) is 38.8 Å². The zero-order valence-corrected chi connectivity index (χ0v) is 27.9. The number of carbonyl (C=O) groups is 3. The minimum absolute atomic E-state index is 0.177. The van der Waals surface area contributed by atoms with Crippen molar-refractivity contribution in [2.75, 3.05) is 30.3 Å². The van der Waals surface area contributed by atoms with Crippen molar-refractivity contribution in [1.29, 1.82) is 0 Å². The fourth-order valence-corrected chi connectivity index (χ4v) is 7.76. The number of rotatable bonds is 8. The largest absolute Gasteiger partial charge is 0.456 e. The van der Waals surface area contributed by atoms with Gasteiger partial charge in [0.2, 0.25) is 0 Å². The van der Waals surface area contributed by atoms with Crippen molar-refractivity contribution in [3.8, 4) is 0 Å². The number of pyridine rings is 1. The molecule has 2 amide bonds. The third-order valence-electron chi connectivity index (χ3n) is 9.54. The number of benzene rings is 2. The van der Waals surface area contributed by atoms with E-state index in [0.717, 1.165) is 74.3 Å². The lowest BCUT2D eigenvalue weighted by molar-refractivity contribution is -0.150. The molecule has 1 aliphatic carbocycles. The quantitative estimate of drug-likeness (QED) is 0.216. The van der Waals surface area contributed by atoms with Gasteiger partial charge in [-0.3, -0.25) is 14.4 Å². The summed E-state index contributed by atoms with van der Waals surface area (Å²) in [5.41, 5.74) is 11.9. The standard InChI is InChI=1S/C36H35N7O5S/c1-20(44)48-19-32(45)42-10-8-23(9-11-42)35-41-30-13-25(5-7-31(30)49-35)43(36(46)24-14-38-34(39-15-24)22-3-4-22)16-21-2-6-26-27-17-47-18-28(27)33(37)40-29(26)12-21/h2,5-7,12-15,22-23H,3-4,8-11,16-19H2,1H3,(H2,37,40). The van der Waals surface area contributed by atoms with Crippen LogP contribution in [-0.4, -0.2) is 62.3 Å². The van der Waals surface area contributed by atoms with Crippen LogP contribution in [0.2, 0.25) is 0 Å². The molecular formula is C36H35N7O5S. The Bertz CT molecular complexity index is 2110. The van der Waals surface area contributed by atoms with Crippen molar-refractivity contribution >= 4 is 61.7 Å². The predicted octanol–water partition coefficient (Wildman–Crippen LogP) is 5.24. The molecule has 5 heterocycles. The molecule has 2 aromatic carbocycles. The summed E-state index contributed by atoms with van der Waals surface area (Å²) >= 11 is 1.64. The molecule has 12 nitrogen and oxygen atoms in total. The number of amides is 2. The maximum Gasteiger partial charge on any atom is 0.303 e. The van der Waals surface area contributed by atoms with E-state index in [1.54, 1.807) is 33.5 Å². The fraction of sp³-hybridized carbons (Fsp3) is 0.361. The number of nitrogens with two attached hydrogens (primary N) is 1. The van der Waals surface area contributed by atoms with Gasteiger partial charge in [-0.05, 0) is 61.1 Å². The number of nitrogen functional groups attached to an aromatic ring is 1. The molecule has 3 aromatic heterocycles. The maximum atomic E-state index is 14.2. The lowest BCUT2D eigenvalue weighted by Crippen LogP contribution is -2.40. The summed E-state index contributed by atoms with van der Waals surface area (Å²) in [6, 6.07) is 12.0. The first-order valence-electron chi connectivity index (χ1n) is 16.5. The van der Waals surface area contributed by atoms with Gasteiger partial charge in [-0.15, -0.1) is 11.3 Å². The molecule has 5 aromatic rings. The Hall–Kier alpha value is -5.01. The van der Waals surface area contributed by atoms with E-state index in [0.29, 0.717) is 49.3 Å². The highest BCUT2D eigenvalue weighted by Gasteiger charge is 2.29. The molecule has 0 radical (unpaired) electrons. The monoisotopic (exact) mass is 677 g/mol. The number of likely N-dealkylation sites (tertiary alicyclic amines) is 1. The molecule has 0 unspecified atom stereocenters. The number of piperidine rings is 1. The molecule has 0 bridgehead atoms. The van der Waals surface area contributed by atoms with Crippen molar-refractivity contribution in [2.45, 2.75) is 64.2 Å². The zero-order chi connectivity index (χ0) is 33.6. The summed E-state index contributed by atoms with van der Waals surface area (Å²) in [6.45, 7) is 3.49. The molecule has 2 aliphatic heterocycles. The molecule has 1 saturated carbocycles. The Morgan fingerprint density at radius 2 is 1.73 bits per heavy atom. The number of thiazole rings is 1. The molecule has 0 spiro atoms. The summed E-state index contributed by atoms with van der Waals surface area (Å²) in [4.78, 5) is 59.9. The van der Waals surface area contributed by atoms with E-state index < -0.39 is 5.97 Å². The van der Waals surface area contributed by atoms with Gasteiger partial charge in [0, 0.05) is 60.9 Å². The number of hydrogen-bond acceptors (Lipinski definition) is 11. The second-order valence-corrected chi connectivity index (χ2v) is 14.0. The van der Waals surface area contributed by atoms with Gasteiger partial charge in [-0.2, -0.15) is 0 Å². The second-order valence-electron chi connectivity index (χ2n) is 12.9. The van der Waals surface area contributed by atoms with E-state index in [2.05, 4.69) is 15.0 Å². The van der Waals surface area contributed by atoms with Crippen LogP contribution in [0.1, 0.15) is 82.3 Å². The van der Waals surface area contributed by atoms with Gasteiger partial charge >= 0.3 is 5.97 Å². The van der Waals surface area contributed by atoms with E-state index in [9.17, 15) is 14.4 Å². The number of anilines is 2. The highest BCUT2D eigenvalue weighted by atomic mass is 32.1. The molecule has 2 N–H and O–H groups in total. The number of ether oxygens (including phenoxy) is 2. The van der Waals surface area contributed by atoms with Crippen LogP contribution in [0.15, 0.2) is 48.8 Å². The Balaban J connectivity index is 1.07. The molecule has 250 valence electrons. The Kier molecular flexibility index (Phi) is 8.16. The van der Waals surface area contributed by atoms with Crippen LogP contribution in [0.5, 0.6) is 0 Å². The van der Waals surface area contributed by atoms with Gasteiger partial charge in [0.05, 0.1) is 46.1 Å². The second kappa shape index (κ2) is 12.8. The van der Waals surface area contributed by atoms with Crippen LogP contribution in [0, 0.1) is 0 Å². The number of esters is 1. The van der Waals surface area contributed by atoms with Gasteiger partial charge < -0.3 is 25.0 Å². The molecular weight excluding hydrogens is 643 g/mol. The lowest BCUT2D eigenvalue weighted by Gasteiger charge is -2.30. The number of hydrogen-bond donors (Lipinski definition) is 1. The number of carbonyl (C=O) groups excluding carboxylic acids is 3. The first kappa shape index (κ1) is 31.3. The zero-order valence-electron chi connectivity index (χ0n) is 27.1. The van der Waals surface area contributed by atoms with Gasteiger partial charge in [0.1, 0.15) is 11.6 Å². The topological polar surface area (TPSA) is 154 Å². The SMILES string of the molecule is CC(=O)OCC(=O)N1CCC(c2nc3cc(N(Cc4ccc5c6c(c(N)nc5c4)COC6)C(=O)c4cnc(C5CC5)nc4)ccc3s2)CC1. The summed E-state index contributed by atoms with van der Waals surface area (Å²) in [6.07, 6.45) is 6.97. The first-order chi connectivity index (χ1) is 23.8. The first-order valence-corrected chi connectivity index (χ1v) is 17.4. The van der Waals surface area contributed by atoms with Gasteiger partial charge in [-0.25, -0.2) is 19.9 Å². The third-order valence-corrected chi connectivity index (χ3v) is 10.7. The maximum absolute atomic E-state index is 14.2. The van der Waals surface area contributed by atoms with Crippen LogP contribution < -0.4 is 10.6 Å². The van der Waals surface area contributed by atoms with Crippen LogP contribution in [0.25, 0.3) is 21.1 Å². The molecule has 0 atom stereocenters. The minimum atomic E-state index is -0.463. The van der Waals surface area contributed by atoms with Crippen molar-refractivity contribution in [2.24, 2.45) is 0 Å². The summed E-state index contributed by atoms with van der Waals surface area (Å²) < 4.78 is 11.6. The minimum Gasteiger partial charge on any atom is -0.456 e. The Morgan fingerprint density at radius 3 is 2.49 bits per heavy atom. The van der Waals surface area contributed by atoms with E-state index >= 15 is 0 Å². The lowest BCUT2D eigenvalue weighted by atomic mass is 9.97. The Labute approximate surface area is 286 Å². The smallest absolute Gasteiger partial charge is 0.303 e. The average Bonchev–Trinajstić information content (AvgIpc) is 3.68. The third kappa shape index (κ3) is 6.31. The van der Waals surface area contributed by atoms with Crippen LogP contribution >= 0.6 is 11.3 Å². The number of aromatic nitrogens is 4. The predicted molar refractivity (Wildman–Crippen MR) is 184 cm³/mol. The van der Waals surface area contributed by atoms with Crippen molar-refractivity contribution in [3.05, 3.63) is 81.9 Å². The number of fused-ring (bicyclic) bond motifs is 4. The molecule has 3 aliphatic rings. The van der Waals surface area contributed by atoms with Crippen LogP contribution in [0.4, 0.5) is 11.5 Å². The van der Waals surface area contributed by atoms with Gasteiger partial charge in [0.25, 0.3) is 11.8 Å². The van der Waals surface area contributed by atoms with E-state index in [1.165, 1.54) is 6.92 Å². The van der Waals surface area contributed by atoms with E-state index in [1.807, 2.05) is 36.4 Å². The van der Waals surface area contributed by atoms with Crippen LogP contribution in [0.3, 0.4) is 0 Å². The summed E-state index contributed by atoms with van der Waals surface area (Å²) in [5.74, 6) is 1.01. The summed E-state index contributed by atoms with van der Waals surface area (Å²) in [5, 5.41) is 2.01. The highest BCUT2D eigenvalue weighted by molar-refractivity contribution is 7.18. The van der Waals surface area contributed by atoms with Crippen molar-refractivity contribution < 1.29 is 23.9 Å². The van der Waals surface area contributed by atoms with Gasteiger partial charge in [-0.1, -0.05) is 12.1 Å². The van der Waals surface area contributed by atoms with Crippen molar-refractivity contribution in [3.63, 3.8) is 0 Å². The summed E-state index contributed by atoms with van der Waals surface area (Å²) in [7, 11) is 0. The number of nitrogens with zero attached hydrogens (tertiary/aromatic N) is 6. The van der Waals surface area contributed by atoms with E-state index in [4.69, 9.17) is 20.2 Å². The average molecular weight is 678 g/mol. The highest BCUT2D eigenvalue weighted by Crippen LogP contribution is 2.38. The molecule has 13 heteroatoms. The van der Waals surface area contributed by atoms with E-state index in [-0.39, 0.29) is 30.9 Å². The molecule has 8 rings (SSSR count). The van der Waals surface area contributed by atoms with Crippen molar-refractivity contribution in [1.82, 2.24) is 24.8 Å². The normalized spacial score (nSPS) is 16.2. The molecule has 2 fully saturated rings. The van der Waals surface area contributed by atoms with Gasteiger partial charge in [0.15, 0.2) is 6.61 Å². The molecule has 49 heavy (non-hydrogen) atoms. The fourth-order valence-electron chi connectivity index (χ4n) is 6.64. The Morgan fingerprint density at radius 1 is 0.959 bits per heavy atom.